The molecule has 2 atom stereocenters. The average molecular weight is 557 g/mol. The summed E-state index contributed by atoms with van der Waals surface area (Å²) in [7, 11) is 0. The number of hydrogen-bond acceptors (Lipinski definition) is 5. The minimum Gasteiger partial charge on any atom is -0.444 e. The summed E-state index contributed by atoms with van der Waals surface area (Å²) in [5, 5.41) is 7.42. The molecule has 214 valence electrons. The molecule has 0 saturated carbocycles. The van der Waals surface area contributed by atoms with Gasteiger partial charge in [0.25, 0.3) is 5.91 Å². The number of rotatable bonds is 10. The lowest BCUT2D eigenvalue weighted by Crippen LogP contribution is -2.52. The van der Waals surface area contributed by atoms with E-state index >= 15 is 0 Å². The third-order valence-corrected chi connectivity index (χ3v) is 6.28. The van der Waals surface area contributed by atoms with Gasteiger partial charge in [0, 0.05) is 24.2 Å². The predicted molar refractivity (Wildman–Crippen MR) is 159 cm³/mol. The molecule has 0 spiro atoms. The van der Waals surface area contributed by atoms with Crippen LogP contribution in [0.25, 0.3) is 10.8 Å². The normalized spacial score (nSPS) is 12.5. The Bertz CT molecular complexity index is 1470. The van der Waals surface area contributed by atoms with E-state index in [1.54, 1.807) is 58.0 Å². The van der Waals surface area contributed by atoms with Gasteiger partial charge >= 0.3 is 6.09 Å². The number of fused-ring (bicyclic) bond motifs is 1. The molecule has 0 bridgehead atoms. The van der Waals surface area contributed by atoms with E-state index in [2.05, 4.69) is 16.6 Å². The van der Waals surface area contributed by atoms with E-state index in [4.69, 9.17) is 16.9 Å². The van der Waals surface area contributed by atoms with Crippen molar-refractivity contribution in [3.63, 3.8) is 0 Å². The first-order valence-electron chi connectivity index (χ1n) is 13.4. The van der Waals surface area contributed by atoms with Crippen LogP contribution >= 0.6 is 0 Å². The fourth-order valence-electron chi connectivity index (χ4n) is 4.45. The topological polar surface area (TPSA) is 131 Å². The van der Waals surface area contributed by atoms with Crippen molar-refractivity contribution in [1.29, 1.82) is 0 Å². The molecule has 3 aromatic rings. The second kappa shape index (κ2) is 13.5. The molecule has 9 nitrogen and oxygen atoms in total. The maximum Gasteiger partial charge on any atom is 0.408 e. The number of amides is 4. The maximum absolute atomic E-state index is 14.0. The molecular weight excluding hydrogens is 520 g/mol. The Morgan fingerprint density at radius 1 is 1.00 bits per heavy atom. The van der Waals surface area contributed by atoms with Crippen molar-refractivity contribution in [3.8, 4) is 12.3 Å². The summed E-state index contributed by atoms with van der Waals surface area (Å²) in [5.74, 6) is 0.868. The SMILES string of the molecule is C#Cc1ccccc1C(C(=O)Nc1ccc2ccccc2c1)N(CC)C(=O)C(CCC(N)=O)NC(=O)OC(C)(C)C. The van der Waals surface area contributed by atoms with Gasteiger partial charge in [-0.1, -0.05) is 54.5 Å². The van der Waals surface area contributed by atoms with Crippen LogP contribution in [0.5, 0.6) is 0 Å². The third kappa shape index (κ3) is 8.32. The molecule has 4 N–H and O–H groups in total. The number of nitrogens with zero attached hydrogens (tertiary/aromatic N) is 1. The largest absolute Gasteiger partial charge is 0.444 e. The predicted octanol–water partition coefficient (Wildman–Crippen LogP) is 4.51. The molecular formula is C32H36N4O5. The van der Waals surface area contributed by atoms with Crippen molar-refractivity contribution in [2.75, 3.05) is 11.9 Å². The number of alkyl carbamates (subject to hydrolysis) is 1. The van der Waals surface area contributed by atoms with Gasteiger partial charge in [-0.25, -0.2) is 4.79 Å². The van der Waals surface area contributed by atoms with Crippen LogP contribution in [-0.4, -0.2) is 46.9 Å². The number of carbonyl (C=O) groups excluding carboxylic acids is 4. The number of primary amides is 1. The minimum absolute atomic E-state index is 0.0836. The van der Waals surface area contributed by atoms with Crippen molar-refractivity contribution in [3.05, 3.63) is 77.9 Å². The van der Waals surface area contributed by atoms with Crippen molar-refractivity contribution in [2.24, 2.45) is 5.73 Å². The first-order chi connectivity index (χ1) is 19.4. The Labute approximate surface area is 240 Å². The Balaban J connectivity index is 2.02. The van der Waals surface area contributed by atoms with E-state index in [-0.39, 0.29) is 19.4 Å². The first-order valence-corrected chi connectivity index (χ1v) is 13.4. The molecule has 41 heavy (non-hydrogen) atoms. The second-order valence-electron chi connectivity index (χ2n) is 10.5. The molecule has 2 unspecified atom stereocenters. The minimum atomic E-state index is -1.19. The number of nitrogens with one attached hydrogen (secondary N) is 2. The zero-order valence-corrected chi connectivity index (χ0v) is 23.8. The van der Waals surface area contributed by atoms with E-state index in [9.17, 15) is 19.2 Å². The number of carbonyl (C=O) groups is 4. The lowest BCUT2D eigenvalue weighted by atomic mass is 9.97. The zero-order valence-electron chi connectivity index (χ0n) is 23.8. The highest BCUT2D eigenvalue weighted by Crippen LogP contribution is 2.28. The quantitative estimate of drug-likeness (QED) is 0.316. The Morgan fingerprint density at radius 3 is 2.29 bits per heavy atom. The molecule has 0 aliphatic carbocycles. The molecule has 3 aromatic carbocycles. The van der Waals surface area contributed by atoms with Crippen molar-refractivity contribution < 1.29 is 23.9 Å². The average Bonchev–Trinajstić information content (AvgIpc) is 2.92. The summed E-state index contributed by atoms with van der Waals surface area (Å²) in [5.41, 5.74) is 5.95. The molecule has 0 aliphatic rings. The molecule has 0 aliphatic heterocycles. The van der Waals surface area contributed by atoms with Crippen LogP contribution in [0.3, 0.4) is 0 Å². The number of anilines is 1. The van der Waals surface area contributed by atoms with Crippen LogP contribution in [0.4, 0.5) is 10.5 Å². The molecule has 0 fully saturated rings. The van der Waals surface area contributed by atoms with Gasteiger partial charge in [0.15, 0.2) is 0 Å². The van der Waals surface area contributed by atoms with Gasteiger partial charge in [-0.2, -0.15) is 0 Å². The van der Waals surface area contributed by atoms with Crippen molar-refractivity contribution in [2.45, 2.75) is 58.2 Å². The maximum atomic E-state index is 14.0. The fraction of sp³-hybridized carbons (Fsp3) is 0.312. The number of nitrogens with two attached hydrogens (primary N) is 1. The Hall–Kier alpha value is -4.84. The van der Waals surface area contributed by atoms with Crippen LogP contribution in [0, 0.1) is 12.3 Å². The van der Waals surface area contributed by atoms with E-state index in [1.807, 2.05) is 36.4 Å². The highest BCUT2D eigenvalue weighted by Gasteiger charge is 2.36. The molecule has 0 saturated heterocycles. The monoisotopic (exact) mass is 556 g/mol. The number of likely N-dealkylation sites (N-methyl/N-ethyl adjacent to an activating group) is 1. The van der Waals surface area contributed by atoms with Crippen LogP contribution in [0.1, 0.15) is 57.7 Å². The molecule has 0 heterocycles. The fourth-order valence-corrected chi connectivity index (χ4v) is 4.45. The highest BCUT2D eigenvalue weighted by atomic mass is 16.6. The van der Waals surface area contributed by atoms with E-state index in [0.29, 0.717) is 16.8 Å². The summed E-state index contributed by atoms with van der Waals surface area (Å²) in [6, 6.07) is 17.8. The highest BCUT2D eigenvalue weighted by molar-refractivity contribution is 6.00. The summed E-state index contributed by atoms with van der Waals surface area (Å²) >= 11 is 0. The van der Waals surface area contributed by atoms with Crippen LogP contribution in [0.15, 0.2) is 66.7 Å². The molecule has 0 aromatic heterocycles. The van der Waals surface area contributed by atoms with E-state index < -0.39 is 41.5 Å². The Morgan fingerprint density at radius 2 is 1.66 bits per heavy atom. The summed E-state index contributed by atoms with van der Waals surface area (Å²) in [4.78, 5) is 53.5. The van der Waals surface area contributed by atoms with E-state index in [1.165, 1.54) is 4.90 Å². The van der Waals surface area contributed by atoms with Gasteiger partial charge in [0.05, 0.1) is 0 Å². The standard InChI is InChI=1S/C32H36N4O5/c1-6-21-12-10-11-15-25(21)28(29(38)34-24-17-16-22-13-8-9-14-23(22)20-24)36(7-2)30(39)26(18-19-27(33)37)35-31(40)41-32(3,4)5/h1,8-17,20,26,28H,7,18-19H2,2-5H3,(H2,33,37)(H,34,38)(H,35,40). The Kier molecular flexibility index (Phi) is 10.1. The lowest BCUT2D eigenvalue weighted by molar-refractivity contribution is -0.140. The smallest absolute Gasteiger partial charge is 0.408 e. The second-order valence-corrected chi connectivity index (χ2v) is 10.5. The molecule has 0 radical (unpaired) electrons. The van der Waals surface area contributed by atoms with Crippen molar-refractivity contribution >= 4 is 40.3 Å². The lowest BCUT2D eigenvalue weighted by Gasteiger charge is -2.34. The zero-order chi connectivity index (χ0) is 30.2. The van der Waals surface area contributed by atoms with Gasteiger partial charge < -0.3 is 26.0 Å². The summed E-state index contributed by atoms with van der Waals surface area (Å²) in [6.07, 6.45) is 4.69. The van der Waals surface area contributed by atoms with Crippen LogP contribution in [-0.2, 0) is 19.1 Å². The molecule has 4 amide bonds. The first kappa shape index (κ1) is 30.7. The van der Waals surface area contributed by atoms with Crippen LogP contribution < -0.4 is 16.4 Å². The summed E-state index contributed by atoms with van der Waals surface area (Å²) in [6.45, 7) is 6.88. The van der Waals surface area contributed by atoms with Gasteiger partial charge in [0.2, 0.25) is 11.8 Å². The third-order valence-electron chi connectivity index (χ3n) is 6.28. The molecule has 3 rings (SSSR count). The van der Waals surface area contributed by atoms with Crippen LogP contribution in [0.2, 0.25) is 0 Å². The molecule has 9 heteroatoms. The number of benzene rings is 3. The number of terminal acetylenes is 1. The van der Waals surface area contributed by atoms with Gasteiger partial charge in [-0.3, -0.25) is 14.4 Å². The van der Waals surface area contributed by atoms with Gasteiger partial charge in [-0.15, -0.1) is 6.42 Å². The van der Waals surface area contributed by atoms with Crippen molar-refractivity contribution in [1.82, 2.24) is 10.2 Å². The number of ether oxygens (including phenoxy) is 1. The van der Waals surface area contributed by atoms with E-state index in [0.717, 1.165) is 10.8 Å². The number of hydrogen-bond donors (Lipinski definition) is 3. The van der Waals surface area contributed by atoms with Gasteiger partial charge in [0.1, 0.15) is 17.7 Å². The van der Waals surface area contributed by atoms with Gasteiger partial charge in [-0.05, 0) is 68.7 Å². The summed E-state index contributed by atoms with van der Waals surface area (Å²) < 4.78 is 5.34.